The van der Waals surface area contributed by atoms with Crippen LogP contribution in [-0.2, 0) is 0 Å². The van der Waals surface area contributed by atoms with E-state index < -0.39 is 17.5 Å². The van der Waals surface area contributed by atoms with Gasteiger partial charge in [-0.3, -0.25) is 4.79 Å². The number of carbonyl (C=O) groups excluding carboxylic acids is 1. The summed E-state index contributed by atoms with van der Waals surface area (Å²) >= 11 is 6.25. The fourth-order valence-corrected chi connectivity index (χ4v) is 2.83. The van der Waals surface area contributed by atoms with Crippen LogP contribution >= 0.6 is 11.6 Å². The van der Waals surface area contributed by atoms with Crippen LogP contribution in [0.3, 0.4) is 0 Å². The molecular formula is C18H13ClF2N4O. The van der Waals surface area contributed by atoms with Crippen LogP contribution in [-0.4, -0.2) is 28.9 Å². The lowest BCUT2D eigenvalue weighted by Crippen LogP contribution is -2.26. The highest BCUT2D eigenvalue weighted by atomic mass is 35.5. The van der Waals surface area contributed by atoms with Gasteiger partial charge in [0.25, 0.3) is 5.91 Å². The number of carbonyl (C=O) groups is 1. The minimum atomic E-state index is -0.949. The first-order valence-electron chi connectivity index (χ1n) is 7.73. The van der Waals surface area contributed by atoms with Crippen molar-refractivity contribution in [1.29, 1.82) is 5.26 Å². The van der Waals surface area contributed by atoms with Gasteiger partial charge in [0, 0.05) is 30.3 Å². The van der Waals surface area contributed by atoms with Crippen molar-refractivity contribution in [2.45, 2.75) is 6.42 Å². The topological polar surface area (TPSA) is 69.0 Å². The summed E-state index contributed by atoms with van der Waals surface area (Å²) in [5.74, 6) is -2.22. The molecule has 0 atom stereocenters. The Labute approximate surface area is 153 Å². The normalized spacial score (nSPS) is 14.2. The second-order valence-electron chi connectivity index (χ2n) is 5.67. The summed E-state index contributed by atoms with van der Waals surface area (Å²) in [6, 6.07) is 5.98. The van der Waals surface area contributed by atoms with Gasteiger partial charge in [-0.15, -0.1) is 0 Å². The molecule has 5 nitrogen and oxygen atoms in total. The second-order valence-corrected chi connectivity index (χ2v) is 6.12. The van der Waals surface area contributed by atoms with E-state index in [0.717, 1.165) is 23.3 Å². The van der Waals surface area contributed by atoms with E-state index >= 15 is 0 Å². The number of aromatic nitrogens is 1. The third-order valence-electron chi connectivity index (χ3n) is 3.95. The van der Waals surface area contributed by atoms with Crippen molar-refractivity contribution in [3.63, 3.8) is 0 Å². The molecule has 0 fully saturated rings. The Morgan fingerprint density at radius 1 is 1.31 bits per heavy atom. The Hall–Kier alpha value is -2.98. The van der Waals surface area contributed by atoms with E-state index in [-0.39, 0.29) is 11.4 Å². The summed E-state index contributed by atoms with van der Waals surface area (Å²) in [6.45, 7) is 0.965. The maximum atomic E-state index is 13.7. The zero-order valence-corrected chi connectivity index (χ0v) is 14.2. The van der Waals surface area contributed by atoms with Crippen LogP contribution < -0.4 is 5.32 Å². The maximum absolute atomic E-state index is 13.7. The number of amides is 1. The van der Waals surface area contributed by atoms with Crippen LogP contribution in [0, 0.1) is 23.1 Å². The molecule has 0 saturated carbocycles. The average Bonchev–Trinajstić information content (AvgIpc) is 2.63. The quantitative estimate of drug-likeness (QED) is 0.831. The van der Waals surface area contributed by atoms with Gasteiger partial charge >= 0.3 is 0 Å². The smallest absolute Gasteiger partial charge is 0.259 e. The molecule has 1 aliphatic rings. The van der Waals surface area contributed by atoms with Crippen LogP contribution in [0.1, 0.15) is 22.3 Å². The highest BCUT2D eigenvalue weighted by molar-refractivity contribution is 6.32. The van der Waals surface area contributed by atoms with Crippen molar-refractivity contribution in [3.05, 3.63) is 64.3 Å². The van der Waals surface area contributed by atoms with E-state index in [1.807, 2.05) is 0 Å². The fourth-order valence-electron chi connectivity index (χ4n) is 2.58. The van der Waals surface area contributed by atoms with Gasteiger partial charge in [-0.2, -0.15) is 5.26 Å². The van der Waals surface area contributed by atoms with E-state index in [1.54, 1.807) is 17.0 Å². The lowest BCUT2D eigenvalue weighted by molar-refractivity contribution is 0.102. The van der Waals surface area contributed by atoms with Crippen molar-refractivity contribution >= 4 is 28.9 Å². The largest absolute Gasteiger partial charge is 0.306 e. The number of anilines is 1. The molecule has 1 aromatic heterocycles. The van der Waals surface area contributed by atoms with E-state index in [4.69, 9.17) is 16.9 Å². The first kappa shape index (κ1) is 17.8. The number of hydrogen-bond donors (Lipinski definition) is 1. The van der Waals surface area contributed by atoms with Crippen LogP contribution in [0.4, 0.5) is 14.6 Å². The van der Waals surface area contributed by atoms with E-state index in [0.29, 0.717) is 30.6 Å². The number of nitrogens with one attached hydrogen (secondary N) is 1. The molecule has 1 aromatic carbocycles. The molecule has 0 saturated heterocycles. The number of nitriles is 1. The SMILES string of the molecule is N#CN1CCC(Cl)=C(c2ccc(NC(=O)c3ccc(F)cc3F)nc2)C1. The summed E-state index contributed by atoms with van der Waals surface area (Å²) in [6.07, 6.45) is 4.19. The minimum Gasteiger partial charge on any atom is -0.306 e. The standard InChI is InChI=1S/C18H13ClF2N4O/c19-15-5-6-25(10-22)9-14(15)11-1-4-17(23-8-11)24-18(26)13-3-2-12(20)7-16(13)21/h1-4,7-8H,5-6,9H2,(H,23,24,26). The number of benzene rings is 1. The summed E-state index contributed by atoms with van der Waals surface area (Å²) in [7, 11) is 0. The number of nitrogens with zero attached hydrogens (tertiary/aromatic N) is 3. The second kappa shape index (κ2) is 7.50. The van der Waals surface area contributed by atoms with Gasteiger partial charge in [0.15, 0.2) is 6.19 Å². The summed E-state index contributed by atoms with van der Waals surface area (Å²) in [5, 5.41) is 12.2. The van der Waals surface area contributed by atoms with E-state index in [1.165, 1.54) is 6.20 Å². The van der Waals surface area contributed by atoms with Crippen molar-refractivity contribution in [2.75, 3.05) is 18.4 Å². The molecule has 8 heteroatoms. The van der Waals surface area contributed by atoms with Gasteiger partial charge in [-0.05, 0) is 35.4 Å². The van der Waals surface area contributed by atoms with E-state index in [9.17, 15) is 13.6 Å². The summed E-state index contributed by atoms with van der Waals surface area (Å²) < 4.78 is 26.6. The number of pyridine rings is 1. The van der Waals surface area contributed by atoms with Crippen LogP contribution in [0.15, 0.2) is 41.6 Å². The molecule has 2 aromatic rings. The molecule has 1 amide bonds. The van der Waals surface area contributed by atoms with Crippen molar-refractivity contribution in [3.8, 4) is 6.19 Å². The Morgan fingerprint density at radius 2 is 2.12 bits per heavy atom. The third-order valence-corrected chi connectivity index (χ3v) is 4.37. The monoisotopic (exact) mass is 374 g/mol. The molecule has 0 unspecified atom stereocenters. The van der Waals surface area contributed by atoms with Crippen LogP contribution in [0.5, 0.6) is 0 Å². The lowest BCUT2D eigenvalue weighted by Gasteiger charge is -2.24. The van der Waals surface area contributed by atoms with Gasteiger partial charge in [-0.1, -0.05) is 11.6 Å². The molecule has 0 bridgehead atoms. The molecule has 0 aliphatic carbocycles. The first-order chi connectivity index (χ1) is 12.5. The molecular weight excluding hydrogens is 362 g/mol. The highest BCUT2D eigenvalue weighted by Gasteiger charge is 2.19. The van der Waals surface area contributed by atoms with Gasteiger partial charge in [-0.25, -0.2) is 13.8 Å². The van der Waals surface area contributed by atoms with Gasteiger partial charge in [0.2, 0.25) is 0 Å². The molecule has 1 aliphatic heterocycles. The lowest BCUT2D eigenvalue weighted by atomic mass is 10.0. The van der Waals surface area contributed by atoms with Crippen LogP contribution in [0.25, 0.3) is 5.57 Å². The number of rotatable bonds is 3. The number of hydrogen-bond acceptors (Lipinski definition) is 4. The van der Waals surface area contributed by atoms with Gasteiger partial charge in [0.1, 0.15) is 17.5 Å². The summed E-state index contributed by atoms with van der Waals surface area (Å²) in [4.78, 5) is 17.8. The highest BCUT2D eigenvalue weighted by Crippen LogP contribution is 2.29. The Balaban J connectivity index is 1.76. The van der Waals surface area contributed by atoms with E-state index in [2.05, 4.69) is 16.5 Å². The summed E-state index contributed by atoms with van der Waals surface area (Å²) in [5.41, 5.74) is 1.26. The minimum absolute atomic E-state index is 0.215. The van der Waals surface area contributed by atoms with Crippen molar-refractivity contribution in [2.24, 2.45) is 0 Å². The van der Waals surface area contributed by atoms with Crippen molar-refractivity contribution in [1.82, 2.24) is 9.88 Å². The predicted octanol–water partition coefficient (Wildman–Crippen LogP) is 3.75. The number of halogens is 3. The van der Waals surface area contributed by atoms with Crippen LogP contribution in [0.2, 0.25) is 0 Å². The Kier molecular flexibility index (Phi) is 5.14. The zero-order chi connectivity index (χ0) is 18.7. The molecule has 132 valence electrons. The molecule has 2 heterocycles. The van der Waals surface area contributed by atoms with Gasteiger partial charge in [0.05, 0.1) is 12.1 Å². The first-order valence-corrected chi connectivity index (χ1v) is 8.11. The molecule has 3 rings (SSSR count). The predicted molar refractivity (Wildman–Crippen MR) is 93.1 cm³/mol. The zero-order valence-electron chi connectivity index (χ0n) is 13.5. The molecule has 0 radical (unpaired) electrons. The van der Waals surface area contributed by atoms with Crippen molar-refractivity contribution < 1.29 is 13.6 Å². The fraction of sp³-hybridized carbons (Fsp3) is 0.167. The third kappa shape index (κ3) is 3.81. The maximum Gasteiger partial charge on any atom is 0.259 e. The molecule has 1 N–H and O–H groups in total. The Morgan fingerprint density at radius 3 is 2.77 bits per heavy atom. The molecule has 0 spiro atoms. The molecule has 26 heavy (non-hydrogen) atoms. The Bertz CT molecular complexity index is 922. The van der Waals surface area contributed by atoms with Gasteiger partial charge < -0.3 is 10.2 Å². The average molecular weight is 375 g/mol.